The Bertz CT molecular complexity index is 983. The SMILES string of the molecule is C=CCOc1ccc(C=CC(=O)Nc2cccc(-c3nn[nH]n3)c2)cc1OC. The molecule has 0 aliphatic heterocycles. The summed E-state index contributed by atoms with van der Waals surface area (Å²) >= 11 is 0. The van der Waals surface area contributed by atoms with Crippen molar-refractivity contribution in [2.75, 3.05) is 19.0 Å². The number of aromatic nitrogens is 4. The number of amides is 1. The Hall–Kier alpha value is -3.94. The second-order valence-corrected chi connectivity index (χ2v) is 5.65. The number of hydrogen-bond acceptors (Lipinski definition) is 6. The zero-order valence-electron chi connectivity index (χ0n) is 15.3. The summed E-state index contributed by atoms with van der Waals surface area (Å²) in [6.07, 6.45) is 4.80. The number of ether oxygens (including phenoxy) is 2. The monoisotopic (exact) mass is 377 g/mol. The van der Waals surface area contributed by atoms with Crippen LogP contribution in [0.2, 0.25) is 0 Å². The fourth-order valence-electron chi connectivity index (χ4n) is 2.43. The minimum absolute atomic E-state index is 0.267. The zero-order valence-corrected chi connectivity index (χ0v) is 15.3. The lowest BCUT2D eigenvalue weighted by Gasteiger charge is -2.09. The van der Waals surface area contributed by atoms with Crippen LogP contribution in [0.3, 0.4) is 0 Å². The van der Waals surface area contributed by atoms with Crippen LogP contribution < -0.4 is 14.8 Å². The van der Waals surface area contributed by atoms with Crippen molar-refractivity contribution < 1.29 is 14.3 Å². The van der Waals surface area contributed by atoms with E-state index in [0.29, 0.717) is 29.6 Å². The van der Waals surface area contributed by atoms with Gasteiger partial charge in [-0.1, -0.05) is 30.9 Å². The molecule has 0 unspecified atom stereocenters. The van der Waals surface area contributed by atoms with Crippen LogP contribution in [-0.4, -0.2) is 40.2 Å². The Labute approximate surface area is 161 Å². The lowest BCUT2D eigenvalue weighted by atomic mass is 10.1. The lowest BCUT2D eigenvalue weighted by molar-refractivity contribution is -0.111. The summed E-state index contributed by atoms with van der Waals surface area (Å²) in [5.41, 5.74) is 2.18. The smallest absolute Gasteiger partial charge is 0.248 e. The molecule has 0 saturated carbocycles. The number of hydrogen-bond donors (Lipinski definition) is 2. The predicted octanol–water partition coefficient (Wildman–Crippen LogP) is 3.09. The molecule has 8 heteroatoms. The van der Waals surface area contributed by atoms with E-state index in [4.69, 9.17) is 9.47 Å². The maximum Gasteiger partial charge on any atom is 0.248 e. The van der Waals surface area contributed by atoms with Gasteiger partial charge in [0.25, 0.3) is 0 Å². The number of benzene rings is 2. The third-order valence-corrected chi connectivity index (χ3v) is 3.71. The summed E-state index contributed by atoms with van der Waals surface area (Å²) in [5.74, 6) is 1.38. The molecule has 2 aromatic carbocycles. The standard InChI is InChI=1S/C20H19N5O3/c1-3-11-28-17-9-7-14(12-18(17)27-2)8-10-19(26)21-16-6-4-5-15(13-16)20-22-24-25-23-20/h3-10,12-13H,1,11H2,2H3,(H,21,26)(H,22,23,24,25). The van der Waals surface area contributed by atoms with Crippen molar-refractivity contribution in [1.82, 2.24) is 20.6 Å². The third kappa shape index (κ3) is 4.82. The highest BCUT2D eigenvalue weighted by Gasteiger charge is 2.06. The summed E-state index contributed by atoms with van der Waals surface area (Å²) < 4.78 is 10.8. The van der Waals surface area contributed by atoms with Gasteiger partial charge in [0.05, 0.1) is 7.11 Å². The first-order valence-corrected chi connectivity index (χ1v) is 8.44. The van der Waals surface area contributed by atoms with E-state index in [1.165, 1.54) is 6.08 Å². The molecule has 28 heavy (non-hydrogen) atoms. The maximum atomic E-state index is 12.2. The number of anilines is 1. The van der Waals surface area contributed by atoms with Gasteiger partial charge < -0.3 is 14.8 Å². The first-order valence-electron chi connectivity index (χ1n) is 8.44. The molecule has 142 valence electrons. The van der Waals surface area contributed by atoms with Gasteiger partial charge in [-0.2, -0.15) is 5.21 Å². The Morgan fingerprint density at radius 3 is 2.89 bits per heavy atom. The first kappa shape index (κ1) is 18.8. The average Bonchev–Trinajstić information content (AvgIpc) is 3.26. The maximum absolute atomic E-state index is 12.2. The number of aromatic amines is 1. The Morgan fingerprint density at radius 2 is 2.14 bits per heavy atom. The zero-order chi connectivity index (χ0) is 19.8. The molecule has 3 aromatic rings. The molecule has 0 bridgehead atoms. The van der Waals surface area contributed by atoms with E-state index in [0.717, 1.165) is 11.1 Å². The fraction of sp³-hybridized carbons (Fsp3) is 0.100. The predicted molar refractivity (Wildman–Crippen MR) is 106 cm³/mol. The molecule has 1 amide bonds. The van der Waals surface area contributed by atoms with E-state index < -0.39 is 0 Å². The van der Waals surface area contributed by atoms with Crippen molar-refractivity contribution >= 4 is 17.7 Å². The van der Waals surface area contributed by atoms with Crippen LogP contribution in [0.15, 0.2) is 61.2 Å². The molecule has 1 aromatic heterocycles. The first-order chi connectivity index (χ1) is 13.7. The average molecular weight is 377 g/mol. The molecule has 0 aliphatic carbocycles. The molecule has 0 spiro atoms. The topological polar surface area (TPSA) is 102 Å². The molecular formula is C20H19N5O3. The molecule has 0 radical (unpaired) electrons. The highest BCUT2D eigenvalue weighted by molar-refractivity contribution is 6.02. The van der Waals surface area contributed by atoms with Crippen LogP contribution in [0.25, 0.3) is 17.5 Å². The van der Waals surface area contributed by atoms with Crippen LogP contribution in [0.4, 0.5) is 5.69 Å². The van der Waals surface area contributed by atoms with Crippen molar-refractivity contribution in [3.63, 3.8) is 0 Å². The highest BCUT2D eigenvalue weighted by Crippen LogP contribution is 2.28. The molecule has 0 atom stereocenters. The molecular weight excluding hydrogens is 358 g/mol. The fourth-order valence-corrected chi connectivity index (χ4v) is 2.43. The number of tetrazole rings is 1. The number of H-pyrrole nitrogens is 1. The van der Waals surface area contributed by atoms with Gasteiger partial charge in [-0.15, -0.1) is 10.2 Å². The molecule has 0 fully saturated rings. The Balaban J connectivity index is 1.67. The Morgan fingerprint density at radius 1 is 1.25 bits per heavy atom. The van der Waals surface area contributed by atoms with Crippen molar-refractivity contribution in [3.8, 4) is 22.9 Å². The van der Waals surface area contributed by atoms with Crippen LogP contribution in [0.5, 0.6) is 11.5 Å². The van der Waals surface area contributed by atoms with Crippen molar-refractivity contribution in [2.24, 2.45) is 0 Å². The number of carbonyl (C=O) groups excluding carboxylic acids is 1. The summed E-state index contributed by atoms with van der Waals surface area (Å²) in [4.78, 5) is 12.2. The highest BCUT2D eigenvalue weighted by atomic mass is 16.5. The van der Waals surface area contributed by atoms with E-state index in [9.17, 15) is 4.79 Å². The quantitative estimate of drug-likeness (QED) is 0.462. The third-order valence-electron chi connectivity index (χ3n) is 3.71. The van der Waals surface area contributed by atoms with Gasteiger partial charge in [0.15, 0.2) is 11.5 Å². The number of methoxy groups -OCH3 is 1. The minimum Gasteiger partial charge on any atom is -0.493 e. The van der Waals surface area contributed by atoms with Gasteiger partial charge >= 0.3 is 0 Å². The number of rotatable bonds is 8. The second kappa shape index (κ2) is 9.13. The molecule has 0 aliphatic rings. The number of nitrogens with zero attached hydrogens (tertiary/aromatic N) is 3. The van der Waals surface area contributed by atoms with Crippen molar-refractivity contribution in [3.05, 3.63) is 66.8 Å². The van der Waals surface area contributed by atoms with Gasteiger partial charge in [-0.05, 0) is 41.1 Å². The number of nitrogens with one attached hydrogen (secondary N) is 2. The minimum atomic E-state index is -0.267. The second-order valence-electron chi connectivity index (χ2n) is 5.65. The van der Waals surface area contributed by atoms with E-state index in [1.807, 2.05) is 12.1 Å². The van der Waals surface area contributed by atoms with Crippen molar-refractivity contribution in [2.45, 2.75) is 0 Å². The molecule has 0 saturated heterocycles. The van der Waals surface area contributed by atoms with Crippen molar-refractivity contribution in [1.29, 1.82) is 0 Å². The molecule has 2 N–H and O–H groups in total. The van der Waals surface area contributed by atoms with Crippen LogP contribution in [0, 0.1) is 0 Å². The largest absolute Gasteiger partial charge is 0.493 e. The van der Waals surface area contributed by atoms with Crippen LogP contribution >= 0.6 is 0 Å². The normalized spacial score (nSPS) is 10.6. The van der Waals surface area contributed by atoms with Gasteiger partial charge in [0.2, 0.25) is 11.7 Å². The van der Waals surface area contributed by atoms with Gasteiger partial charge in [0, 0.05) is 17.3 Å². The summed E-state index contributed by atoms with van der Waals surface area (Å²) in [7, 11) is 1.56. The Kier molecular flexibility index (Phi) is 6.14. The summed E-state index contributed by atoms with van der Waals surface area (Å²) in [5, 5.41) is 16.6. The van der Waals surface area contributed by atoms with E-state index in [2.05, 4.69) is 32.5 Å². The van der Waals surface area contributed by atoms with E-state index in [1.54, 1.807) is 49.6 Å². The van der Waals surface area contributed by atoms with E-state index in [-0.39, 0.29) is 5.91 Å². The van der Waals surface area contributed by atoms with Gasteiger partial charge in [-0.3, -0.25) is 4.79 Å². The molecule has 8 nitrogen and oxygen atoms in total. The van der Waals surface area contributed by atoms with E-state index >= 15 is 0 Å². The van der Waals surface area contributed by atoms with Gasteiger partial charge in [0.1, 0.15) is 6.61 Å². The summed E-state index contributed by atoms with van der Waals surface area (Å²) in [6.45, 7) is 4.00. The summed E-state index contributed by atoms with van der Waals surface area (Å²) in [6, 6.07) is 12.6. The lowest BCUT2D eigenvalue weighted by Crippen LogP contribution is -2.07. The number of carbonyl (C=O) groups is 1. The van der Waals surface area contributed by atoms with Crippen LogP contribution in [0.1, 0.15) is 5.56 Å². The molecule has 1 heterocycles. The van der Waals surface area contributed by atoms with Gasteiger partial charge in [-0.25, -0.2) is 0 Å². The van der Waals surface area contributed by atoms with Crippen LogP contribution in [-0.2, 0) is 4.79 Å². The molecule has 3 rings (SSSR count).